The number of ether oxygens (including phenoxy) is 1. The van der Waals surface area contributed by atoms with Crippen molar-refractivity contribution < 1.29 is 4.74 Å². The van der Waals surface area contributed by atoms with E-state index in [0.29, 0.717) is 0 Å². The van der Waals surface area contributed by atoms with Crippen LogP contribution >= 0.6 is 11.3 Å². The average Bonchev–Trinajstić information content (AvgIpc) is 3.00. The first-order chi connectivity index (χ1) is 10.3. The van der Waals surface area contributed by atoms with Crippen LogP contribution in [0.1, 0.15) is 24.1 Å². The van der Waals surface area contributed by atoms with Crippen LogP contribution in [0.4, 0.5) is 0 Å². The topological polar surface area (TPSA) is 34.1 Å². The molecule has 1 aromatic carbocycles. The van der Waals surface area contributed by atoms with E-state index in [1.165, 1.54) is 10.3 Å². The normalized spacial score (nSPS) is 12.5. The molecule has 0 radical (unpaired) electrons. The first kappa shape index (κ1) is 14.0. The van der Waals surface area contributed by atoms with Gasteiger partial charge in [-0.3, -0.25) is 4.98 Å². The van der Waals surface area contributed by atoms with E-state index >= 15 is 0 Å². The zero-order valence-corrected chi connectivity index (χ0v) is 13.0. The molecule has 0 saturated heterocycles. The van der Waals surface area contributed by atoms with E-state index in [4.69, 9.17) is 4.74 Å². The number of hydrogen-bond acceptors (Lipinski definition) is 4. The summed E-state index contributed by atoms with van der Waals surface area (Å²) in [4.78, 5) is 4.50. The highest BCUT2D eigenvalue weighted by Gasteiger charge is 2.09. The molecule has 0 saturated carbocycles. The number of nitrogens with one attached hydrogen (secondary N) is 1. The van der Waals surface area contributed by atoms with Gasteiger partial charge >= 0.3 is 0 Å². The summed E-state index contributed by atoms with van der Waals surface area (Å²) in [5.41, 5.74) is 3.44. The third-order valence-electron chi connectivity index (χ3n) is 3.62. The number of rotatable bonds is 5. The molecule has 1 N–H and O–H groups in total. The summed E-state index contributed by atoms with van der Waals surface area (Å²) >= 11 is 1.73. The molecule has 1 atom stereocenters. The fourth-order valence-corrected chi connectivity index (χ4v) is 3.12. The summed E-state index contributed by atoms with van der Waals surface area (Å²) in [5.74, 6) is 0.920. The monoisotopic (exact) mass is 298 g/mol. The molecule has 4 heteroatoms. The number of fused-ring (bicyclic) bond motifs is 1. The van der Waals surface area contributed by atoms with Crippen LogP contribution in [0.2, 0.25) is 0 Å². The highest BCUT2D eigenvalue weighted by molar-refractivity contribution is 7.17. The van der Waals surface area contributed by atoms with Crippen LogP contribution < -0.4 is 10.1 Å². The molecule has 3 nitrogen and oxygen atoms in total. The Balaban J connectivity index is 1.72. The number of aromatic nitrogens is 1. The van der Waals surface area contributed by atoms with Gasteiger partial charge in [0.2, 0.25) is 0 Å². The molecule has 2 aromatic heterocycles. The van der Waals surface area contributed by atoms with Crippen molar-refractivity contribution in [3.8, 4) is 5.75 Å². The van der Waals surface area contributed by atoms with Crippen LogP contribution in [0, 0.1) is 0 Å². The van der Waals surface area contributed by atoms with E-state index in [0.717, 1.165) is 23.4 Å². The molecule has 0 spiro atoms. The van der Waals surface area contributed by atoms with Crippen LogP contribution in [0.15, 0.2) is 48.0 Å². The van der Waals surface area contributed by atoms with Gasteiger partial charge in [-0.1, -0.05) is 18.2 Å². The van der Waals surface area contributed by atoms with E-state index < -0.39 is 0 Å². The second-order valence-corrected chi connectivity index (χ2v) is 5.93. The van der Waals surface area contributed by atoms with Crippen LogP contribution in [0.3, 0.4) is 0 Å². The van der Waals surface area contributed by atoms with Gasteiger partial charge in [-0.05, 0) is 36.1 Å². The van der Waals surface area contributed by atoms with Crippen LogP contribution in [0.25, 0.3) is 10.2 Å². The lowest BCUT2D eigenvalue weighted by Gasteiger charge is -2.15. The summed E-state index contributed by atoms with van der Waals surface area (Å²) in [6.45, 7) is 2.93. The lowest BCUT2D eigenvalue weighted by atomic mass is 10.1. The number of para-hydroxylation sites is 1. The average molecular weight is 298 g/mol. The van der Waals surface area contributed by atoms with Crippen LogP contribution in [-0.2, 0) is 6.54 Å². The van der Waals surface area contributed by atoms with Crippen molar-refractivity contribution in [2.24, 2.45) is 0 Å². The molecule has 21 heavy (non-hydrogen) atoms. The first-order valence-electron chi connectivity index (χ1n) is 6.96. The van der Waals surface area contributed by atoms with Crippen molar-refractivity contribution in [2.75, 3.05) is 7.11 Å². The number of pyridine rings is 1. The van der Waals surface area contributed by atoms with Gasteiger partial charge in [0, 0.05) is 24.3 Å². The van der Waals surface area contributed by atoms with E-state index in [9.17, 15) is 0 Å². The predicted octanol–water partition coefficient (Wildman–Crippen LogP) is 4.16. The van der Waals surface area contributed by atoms with Gasteiger partial charge in [0.05, 0.1) is 17.3 Å². The minimum atomic E-state index is 0.244. The molecule has 3 aromatic rings. The molecular formula is C17H18N2OS. The number of thiophene rings is 1. The smallest absolute Gasteiger partial charge is 0.123 e. The minimum Gasteiger partial charge on any atom is -0.496 e. The number of nitrogens with zero attached hydrogens (tertiary/aromatic N) is 1. The zero-order valence-electron chi connectivity index (χ0n) is 12.2. The molecule has 0 aliphatic heterocycles. The SMILES string of the molecule is COc1ccccc1CNC(C)c1cnc2ccsc2c1. The molecular weight excluding hydrogens is 280 g/mol. The van der Waals surface area contributed by atoms with Gasteiger partial charge in [0.15, 0.2) is 0 Å². The molecule has 0 aliphatic rings. The van der Waals surface area contributed by atoms with Gasteiger partial charge < -0.3 is 10.1 Å². The standard InChI is InChI=1S/C17H18N2OS/c1-12(14-9-17-15(19-11-14)7-8-21-17)18-10-13-5-3-4-6-16(13)20-2/h3-9,11-12,18H,10H2,1-2H3. The number of methoxy groups -OCH3 is 1. The first-order valence-corrected chi connectivity index (χ1v) is 7.84. The fourth-order valence-electron chi connectivity index (χ4n) is 2.33. The van der Waals surface area contributed by atoms with E-state index in [-0.39, 0.29) is 6.04 Å². The maximum Gasteiger partial charge on any atom is 0.123 e. The van der Waals surface area contributed by atoms with Crippen LogP contribution in [-0.4, -0.2) is 12.1 Å². The van der Waals surface area contributed by atoms with Crippen molar-refractivity contribution in [3.63, 3.8) is 0 Å². The largest absolute Gasteiger partial charge is 0.496 e. The third kappa shape index (κ3) is 3.06. The Hall–Kier alpha value is -1.91. The minimum absolute atomic E-state index is 0.244. The van der Waals surface area contributed by atoms with Crippen molar-refractivity contribution in [1.29, 1.82) is 0 Å². The molecule has 3 rings (SSSR count). The Morgan fingerprint density at radius 2 is 2.14 bits per heavy atom. The predicted molar refractivity (Wildman–Crippen MR) is 87.9 cm³/mol. The maximum atomic E-state index is 5.38. The van der Waals surface area contributed by atoms with Crippen molar-refractivity contribution in [3.05, 3.63) is 59.1 Å². The van der Waals surface area contributed by atoms with E-state index in [1.54, 1.807) is 18.4 Å². The van der Waals surface area contributed by atoms with Gasteiger partial charge in [-0.2, -0.15) is 0 Å². The molecule has 0 aliphatic carbocycles. The summed E-state index contributed by atoms with van der Waals surface area (Å²) in [6, 6.07) is 12.6. The molecule has 2 heterocycles. The third-order valence-corrected chi connectivity index (χ3v) is 4.47. The Morgan fingerprint density at radius 1 is 1.29 bits per heavy atom. The van der Waals surface area contributed by atoms with Gasteiger partial charge in [0.25, 0.3) is 0 Å². The maximum absolute atomic E-state index is 5.38. The highest BCUT2D eigenvalue weighted by Crippen LogP contribution is 2.23. The van der Waals surface area contributed by atoms with Crippen LogP contribution in [0.5, 0.6) is 5.75 Å². The summed E-state index contributed by atoms with van der Waals surface area (Å²) < 4.78 is 6.61. The van der Waals surface area contributed by atoms with Crippen molar-refractivity contribution in [1.82, 2.24) is 10.3 Å². The van der Waals surface area contributed by atoms with Crippen molar-refractivity contribution >= 4 is 21.6 Å². The van der Waals surface area contributed by atoms with Gasteiger partial charge in [0.1, 0.15) is 5.75 Å². The molecule has 0 bridgehead atoms. The lowest BCUT2D eigenvalue weighted by molar-refractivity contribution is 0.406. The van der Waals surface area contributed by atoms with E-state index in [1.807, 2.05) is 24.4 Å². The quantitative estimate of drug-likeness (QED) is 0.768. The Bertz CT molecular complexity index is 738. The summed E-state index contributed by atoms with van der Waals surface area (Å²) in [5, 5.41) is 5.61. The number of benzene rings is 1. The molecule has 108 valence electrons. The second-order valence-electron chi connectivity index (χ2n) is 4.99. The summed E-state index contributed by atoms with van der Waals surface area (Å²) in [7, 11) is 1.71. The molecule has 1 unspecified atom stereocenters. The molecule has 0 amide bonds. The Labute approximate surface area is 128 Å². The van der Waals surface area contributed by atoms with Gasteiger partial charge in [-0.15, -0.1) is 11.3 Å². The highest BCUT2D eigenvalue weighted by atomic mass is 32.1. The Morgan fingerprint density at radius 3 is 3.00 bits per heavy atom. The fraction of sp³-hybridized carbons (Fsp3) is 0.235. The lowest BCUT2D eigenvalue weighted by Crippen LogP contribution is -2.18. The second kappa shape index (κ2) is 6.24. The van der Waals surface area contributed by atoms with E-state index in [2.05, 4.69) is 40.8 Å². The Kier molecular flexibility index (Phi) is 4.18. The van der Waals surface area contributed by atoms with Gasteiger partial charge in [-0.25, -0.2) is 0 Å². The molecule has 0 fully saturated rings. The van der Waals surface area contributed by atoms with Crippen molar-refractivity contribution in [2.45, 2.75) is 19.5 Å². The summed E-state index contributed by atoms with van der Waals surface area (Å²) in [6.07, 6.45) is 1.95. The zero-order chi connectivity index (χ0) is 14.7. The number of hydrogen-bond donors (Lipinski definition) is 1.